The SMILES string of the molecule is Cc1cc2c(c(C(C)(C)C)c1)OCCC2NC1CC1. The average Bonchev–Trinajstić information content (AvgIpc) is 3.12. The summed E-state index contributed by atoms with van der Waals surface area (Å²) in [5, 5.41) is 3.77. The average molecular weight is 259 g/mol. The summed E-state index contributed by atoms with van der Waals surface area (Å²) in [6.07, 6.45) is 3.77. The lowest BCUT2D eigenvalue weighted by molar-refractivity contribution is 0.245. The third-order valence-corrected chi connectivity index (χ3v) is 4.11. The second-order valence-electron chi connectivity index (χ2n) is 7.11. The number of fused-ring (bicyclic) bond motifs is 1. The lowest BCUT2D eigenvalue weighted by atomic mass is 9.82. The lowest BCUT2D eigenvalue weighted by Crippen LogP contribution is -2.30. The maximum absolute atomic E-state index is 6.03. The van der Waals surface area contributed by atoms with Gasteiger partial charge in [-0.2, -0.15) is 0 Å². The summed E-state index contributed by atoms with van der Waals surface area (Å²) in [7, 11) is 0. The molecule has 0 amide bonds. The van der Waals surface area contributed by atoms with E-state index in [9.17, 15) is 0 Å². The molecule has 1 atom stereocenters. The van der Waals surface area contributed by atoms with E-state index in [1.807, 2.05) is 0 Å². The van der Waals surface area contributed by atoms with Gasteiger partial charge in [0, 0.05) is 29.6 Å². The van der Waals surface area contributed by atoms with E-state index >= 15 is 0 Å². The Morgan fingerprint density at radius 2 is 1.89 bits per heavy atom. The highest BCUT2D eigenvalue weighted by Gasteiger charge is 2.32. The number of rotatable bonds is 2. The van der Waals surface area contributed by atoms with E-state index in [4.69, 9.17) is 4.74 Å². The smallest absolute Gasteiger partial charge is 0.127 e. The summed E-state index contributed by atoms with van der Waals surface area (Å²) in [6.45, 7) is 9.83. The van der Waals surface area contributed by atoms with Crippen molar-refractivity contribution in [3.8, 4) is 5.75 Å². The topological polar surface area (TPSA) is 21.3 Å². The van der Waals surface area contributed by atoms with Gasteiger partial charge in [-0.3, -0.25) is 0 Å². The molecule has 1 fully saturated rings. The summed E-state index contributed by atoms with van der Waals surface area (Å²) < 4.78 is 6.03. The minimum atomic E-state index is 0.136. The van der Waals surface area contributed by atoms with Crippen molar-refractivity contribution in [2.75, 3.05) is 6.61 Å². The highest BCUT2D eigenvalue weighted by molar-refractivity contribution is 5.50. The molecule has 1 aromatic carbocycles. The number of benzene rings is 1. The van der Waals surface area contributed by atoms with Gasteiger partial charge in [-0.15, -0.1) is 0 Å². The normalized spacial score (nSPS) is 22.8. The molecule has 1 aliphatic heterocycles. The van der Waals surface area contributed by atoms with Crippen molar-refractivity contribution >= 4 is 0 Å². The van der Waals surface area contributed by atoms with E-state index in [0.29, 0.717) is 6.04 Å². The van der Waals surface area contributed by atoms with Crippen molar-refractivity contribution in [1.29, 1.82) is 0 Å². The molecule has 0 saturated heterocycles. The quantitative estimate of drug-likeness (QED) is 0.870. The molecule has 19 heavy (non-hydrogen) atoms. The fourth-order valence-electron chi connectivity index (χ4n) is 2.92. The number of hydrogen-bond donors (Lipinski definition) is 1. The molecule has 1 heterocycles. The number of ether oxygens (including phenoxy) is 1. The van der Waals surface area contributed by atoms with Crippen molar-refractivity contribution in [2.45, 2.75) is 64.5 Å². The fourth-order valence-corrected chi connectivity index (χ4v) is 2.92. The van der Waals surface area contributed by atoms with Crippen LogP contribution >= 0.6 is 0 Å². The third-order valence-electron chi connectivity index (χ3n) is 4.11. The molecule has 3 rings (SSSR count). The molecule has 2 nitrogen and oxygen atoms in total. The molecule has 1 aliphatic carbocycles. The molecular formula is C17H25NO. The maximum Gasteiger partial charge on any atom is 0.127 e. The minimum Gasteiger partial charge on any atom is -0.493 e. The molecule has 0 bridgehead atoms. The molecule has 1 aromatic rings. The zero-order valence-corrected chi connectivity index (χ0v) is 12.5. The van der Waals surface area contributed by atoms with Crippen molar-refractivity contribution < 1.29 is 4.74 Å². The summed E-state index contributed by atoms with van der Waals surface area (Å²) in [5.41, 5.74) is 4.21. The van der Waals surface area contributed by atoms with Gasteiger partial charge in [-0.05, 0) is 25.2 Å². The first kappa shape index (κ1) is 13.0. The van der Waals surface area contributed by atoms with E-state index in [1.165, 1.54) is 29.5 Å². The van der Waals surface area contributed by atoms with Gasteiger partial charge < -0.3 is 10.1 Å². The molecule has 1 saturated carbocycles. The highest BCUT2D eigenvalue weighted by Crippen LogP contribution is 2.42. The van der Waals surface area contributed by atoms with Gasteiger partial charge in [0.25, 0.3) is 0 Å². The van der Waals surface area contributed by atoms with Crippen LogP contribution in [-0.4, -0.2) is 12.6 Å². The molecule has 1 N–H and O–H groups in total. The molecule has 2 heteroatoms. The first-order chi connectivity index (χ1) is 8.95. The van der Waals surface area contributed by atoms with Crippen LogP contribution in [0, 0.1) is 6.92 Å². The van der Waals surface area contributed by atoms with Gasteiger partial charge in [0.1, 0.15) is 5.75 Å². The van der Waals surface area contributed by atoms with Gasteiger partial charge in [-0.25, -0.2) is 0 Å². The van der Waals surface area contributed by atoms with Crippen LogP contribution in [0.5, 0.6) is 5.75 Å². The Morgan fingerprint density at radius 1 is 1.16 bits per heavy atom. The zero-order chi connectivity index (χ0) is 13.6. The maximum atomic E-state index is 6.03. The van der Waals surface area contributed by atoms with Crippen LogP contribution in [0.4, 0.5) is 0 Å². The Kier molecular flexibility index (Phi) is 3.09. The van der Waals surface area contributed by atoms with Gasteiger partial charge in [0.15, 0.2) is 0 Å². The van der Waals surface area contributed by atoms with Crippen molar-refractivity contribution in [3.63, 3.8) is 0 Å². The molecular weight excluding hydrogens is 234 g/mol. The lowest BCUT2D eigenvalue weighted by Gasteiger charge is -2.32. The number of hydrogen-bond acceptors (Lipinski definition) is 2. The van der Waals surface area contributed by atoms with Crippen LogP contribution in [0.1, 0.15) is 62.8 Å². The van der Waals surface area contributed by atoms with Gasteiger partial charge >= 0.3 is 0 Å². The molecule has 0 radical (unpaired) electrons. The van der Waals surface area contributed by atoms with Crippen molar-refractivity contribution in [1.82, 2.24) is 5.32 Å². The van der Waals surface area contributed by atoms with Crippen LogP contribution in [-0.2, 0) is 5.41 Å². The van der Waals surface area contributed by atoms with Gasteiger partial charge in [0.2, 0.25) is 0 Å². The van der Waals surface area contributed by atoms with E-state index in [1.54, 1.807) is 0 Å². The van der Waals surface area contributed by atoms with Crippen molar-refractivity contribution in [3.05, 3.63) is 28.8 Å². The predicted molar refractivity (Wildman–Crippen MR) is 78.9 cm³/mol. The van der Waals surface area contributed by atoms with E-state index < -0.39 is 0 Å². The Hall–Kier alpha value is -1.02. The van der Waals surface area contributed by atoms with E-state index in [0.717, 1.165) is 24.8 Å². The Bertz CT molecular complexity index is 483. The first-order valence-electron chi connectivity index (χ1n) is 7.49. The molecule has 1 unspecified atom stereocenters. The highest BCUT2D eigenvalue weighted by atomic mass is 16.5. The first-order valence-corrected chi connectivity index (χ1v) is 7.49. The number of aryl methyl sites for hydroxylation is 1. The third kappa shape index (κ3) is 2.64. The summed E-state index contributed by atoms with van der Waals surface area (Å²) in [6, 6.07) is 5.83. The molecule has 2 aliphatic rings. The largest absolute Gasteiger partial charge is 0.493 e. The predicted octanol–water partition coefficient (Wildman–Crippen LogP) is 3.87. The van der Waals surface area contributed by atoms with Crippen LogP contribution in [0.25, 0.3) is 0 Å². The number of nitrogens with one attached hydrogen (secondary N) is 1. The van der Waals surface area contributed by atoms with Crippen molar-refractivity contribution in [2.24, 2.45) is 0 Å². The summed E-state index contributed by atoms with van der Waals surface area (Å²) >= 11 is 0. The monoisotopic (exact) mass is 259 g/mol. The summed E-state index contributed by atoms with van der Waals surface area (Å²) in [5.74, 6) is 1.14. The van der Waals surface area contributed by atoms with Crippen LogP contribution in [0.2, 0.25) is 0 Å². The van der Waals surface area contributed by atoms with Gasteiger partial charge in [-0.1, -0.05) is 38.5 Å². The Labute approximate surface area is 116 Å². The van der Waals surface area contributed by atoms with Crippen LogP contribution in [0.15, 0.2) is 12.1 Å². The molecule has 104 valence electrons. The zero-order valence-electron chi connectivity index (χ0n) is 12.5. The molecule has 0 aromatic heterocycles. The summed E-state index contributed by atoms with van der Waals surface area (Å²) in [4.78, 5) is 0. The Balaban J connectivity index is 2.03. The minimum absolute atomic E-state index is 0.136. The second-order valence-corrected chi connectivity index (χ2v) is 7.11. The Morgan fingerprint density at radius 3 is 2.53 bits per heavy atom. The van der Waals surface area contributed by atoms with Crippen LogP contribution in [0.3, 0.4) is 0 Å². The van der Waals surface area contributed by atoms with Gasteiger partial charge in [0.05, 0.1) is 6.61 Å². The fraction of sp³-hybridized carbons (Fsp3) is 0.647. The van der Waals surface area contributed by atoms with E-state index in [2.05, 4.69) is 45.1 Å². The molecule has 0 spiro atoms. The van der Waals surface area contributed by atoms with Crippen LogP contribution < -0.4 is 10.1 Å². The second kappa shape index (κ2) is 4.52. The standard InChI is InChI=1S/C17H25NO/c1-11-9-13-15(18-12-5-6-12)7-8-19-16(13)14(10-11)17(2,3)4/h9-10,12,15,18H,5-8H2,1-4H3. The van der Waals surface area contributed by atoms with E-state index in [-0.39, 0.29) is 5.41 Å².